The molecule has 8 rings (SSSR count). The summed E-state index contributed by atoms with van der Waals surface area (Å²) in [6.07, 6.45) is 10.2. The summed E-state index contributed by atoms with van der Waals surface area (Å²) in [6, 6.07) is 18.6. The molecule has 2 aromatic carbocycles. The minimum Gasteiger partial charge on any atom is -0.453 e. The van der Waals surface area contributed by atoms with Gasteiger partial charge in [-0.1, -0.05) is 66.5 Å². The third-order valence-corrected chi connectivity index (χ3v) is 12.1. The number of pyridine rings is 2. The van der Waals surface area contributed by atoms with E-state index in [-0.39, 0.29) is 42.0 Å². The first-order valence-corrected chi connectivity index (χ1v) is 22.4. The van der Waals surface area contributed by atoms with Gasteiger partial charge in [0.15, 0.2) is 0 Å². The van der Waals surface area contributed by atoms with Gasteiger partial charge in [0.05, 0.1) is 14.2 Å². The van der Waals surface area contributed by atoms with Gasteiger partial charge in [0.2, 0.25) is 11.9 Å². The second kappa shape index (κ2) is 22.1. The van der Waals surface area contributed by atoms with E-state index in [9.17, 15) is 19.2 Å². The summed E-state index contributed by atoms with van der Waals surface area (Å²) in [5.74, 6) is 0.920. The highest BCUT2D eigenvalue weighted by Crippen LogP contribution is 2.29. The highest BCUT2D eigenvalue weighted by Gasteiger charge is 2.25. The number of hydrogen-bond donors (Lipinski definition) is 5. The summed E-state index contributed by atoms with van der Waals surface area (Å²) in [5.41, 5.74) is 2.77. The molecule has 0 radical (unpaired) electrons. The number of halogens is 2. The number of nitrogens with one attached hydrogen (secondary N) is 5. The lowest BCUT2D eigenvalue weighted by molar-refractivity contribution is 0.0779. The van der Waals surface area contributed by atoms with Crippen LogP contribution in [-0.2, 0) is 20.9 Å². The predicted octanol–water partition coefficient (Wildman–Crippen LogP) is 8.29. The number of carbonyl (C=O) groups excluding carboxylic acids is 2. The average Bonchev–Trinajstić information content (AvgIpc) is 3.31. The molecule has 0 atom stereocenters. The molecule has 65 heavy (non-hydrogen) atoms. The molecular weight excluding hydrogens is 875 g/mol. The SMILES string of the molecule is CCCOCn1c(=O)c(-c2ccccc2Cl)cc2cnc(NC3CCC(NC(=O)OC)CC3)nc21.COC(=O)NC1CCC(Nc2ncc3cc(-c4ccccc4Cl)c(=O)[nH]c3n2)CC1. The van der Waals surface area contributed by atoms with Crippen LogP contribution in [0.25, 0.3) is 44.3 Å². The van der Waals surface area contributed by atoms with E-state index in [2.05, 4.69) is 55.7 Å². The maximum absolute atomic E-state index is 13.5. The molecule has 0 unspecified atom stereocenters. The Labute approximate surface area is 385 Å². The van der Waals surface area contributed by atoms with Crippen molar-refractivity contribution in [2.24, 2.45) is 0 Å². The number of fused-ring (bicyclic) bond motifs is 2. The van der Waals surface area contributed by atoms with E-state index in [1.807, 2.05) is 37.3 Å². The number of aromatic amines is 1. The zero-order valence-corrected chi connectivity index (χ0v) is 37.9. The molecule has 2 amide bonds. The first kappa shape index (κ1) is 46.7. The van der Waals surface area contributed by atoms with Gasteiger partial charge in [0.1, 0.15) is 18.0 Å². The fraction of sp³-hybridized carbons (Fsp3) is 0.391. The Kier molecular flexibility index (Phi) is 15.8. The number of nitrogens with zero attached hydrogens (tertiary/aromatic N) is 5. The lowest BCUT2D eigenvalue weighted by atomic mass is 9.91. The number of H-pyrrole nitrogens is 1. The Bertz CT molecular complexity index is 2740. The molecule has 19 heteroatoms. The van der Waals surface area contributed by atoms with Gasteiger partial charge in [-0.05, 0) is 82.1 Å². The normalized spacial score (nSPS) is 18.2. The van der Waals surface area contributed by atoms with Gasteiger partial charge in [-0.15, -0.1) is 0 Å². The molecule has 0 bridgehead atoms. The van der Waals surface area contributed by atoms with Gasteiger partial charge in [-0.2, -0.15) is 9.97 Å². The molecule has 17 nitrogen and oxygen atoms in total. The van der Waals surface area contributed by atoms with Crippen molar-refractivity contribution in [3.63, 3.8) is 0 Å². The van der Waals surface area contributed by atoms with Crippen molar-refractivity contribution in [2.75, 3.05) is 31.5 Å². The monoisotopic (exact) mass is 926 g/mol. The fourth-order valence-electron chi connectivity index (χ4n) is 8.04. The maximum Gasteiger partial charge on any atom is 0.407 e. The first-order chi connectivity index (χ1) is 31.5. The number of amides is 2. The van der Waals surface area contributed by atoms with E-state index in [0.717, 1.165) is 68.6 Å². The number of rotatable bonds is 12. The number of hydrogen-bond acceptors (Lipinski definition) is 13. The van der Waals surface area contributed by atoms with Crippen LogP contribution in [0.5, 0.6) is 0 Å². The summed E-state index contributed by atoms with van der Waals surface area (Å²) >= 11 is 12.6. The summed E-state index contributed by atoms with van der Waals surface area (Å²) in [7, 11) is 2.73. The maximum atomic E-state index is 13.5. The van der Waals surface area contributed by atoms with Crippen LogP contribution in [0.15, 0.2) is 82.6 Å². The standard InChI is InChI=1S/C25H30ClN5O4.C21H22ClN5O3/c1-3-12-35-15-31-22-16(13-20(23(31)32)19-6-4-5-7-21(19)26)14-27-24(30-22)28-17-8-10-18(11-9-17)29-25(33)34-2;1-30-21(29)25-14-8-6-13(7-9-14)24-20-23-11-12-10-16(19(28)26-18(12)27-20)15-4-2-3-5-17(15)22/h4-7,13-14,17-18H,3,8-12,15H2,1-2H3,(H,29,33)(H,27,28,30);2-5,10-11,13-14H,6-9H2,1H3,(H,25,29)(H2,23,24,26,27,28). The van der Waals surface area contributed by atoms with E-state index in [4.69, 9.17) is 27.9 Å². The summed E-state index contributed by atoms with van der Waals surface area (Å²) < 4.78 is 16.6. The van der Waals surface area contributed by atoms with E-state index < -0.39 is 12.2 Å². The highest BCUT2D eigenvalue weighted by atomic mass is 35.5. The highest BCUT2D eigenvalue weighted by molar-refractivity contribution is 6.33. The Morgan fingerprint density at radius 3 is 1.72 bits per heavy atom. The molecule has 5 N–H and O–H groups in total. The lowest BCUT2D eigenvalue weighted by Gasteiger charge is -2.29. The smallest absolute Gasteiger partial charge is 0.407 e. The number of anilines is 2. The van der Waals surface area contributed by atoms with E-state index >= 15 is 0 Å². The van der Waals surface area contributed by atoms with Crippen LogP contribution >= 0.6 is 23.2 Å². The molecule has 342 valence electrons. The summed E-state index contributed by atoms with van der Waals surface area (Å²) in [4.78, 5) is 69.7. The van der Waals surface area contributed by atoms with Crippen molar-refractivity contribution in [1.82, 2.24) is 40.1 Å². The number of carbonyl (C=O) groups is 2. The van der Waals surface area contributed by atoms with Crippen LogP contribution in [0.3, 0.4) is 0 Å². The van der Waals surface area contributed by atoms with Crippen molar-refractivity contribution >= 4 is 69.4 Å². The molecular formula is C46H52Cl2N10O7. The third-order valence-electron chi connectivity index (χ3n) is 11.5. The van der Waals surface area contributed by atoms with Gasteiger partial charge < -0.3 is 40.5 Å². The molecule has 6 aromatic rings. The average molecular weight is 928 g/mol. The van der Waals surface area contributed by atoms with Crippen molar-refractivity contribution in [3.05, 3.63) is 104 Å². The van der Waals surface area contributed by atoms with Crippen LogP contribution in [0.1, 0.15) is 64.7 Å². The molecule has 0 aliphatic heterocycles. The van der Waals surface area contributed by atoms with Crippen LogP contribution in [0, 0.1) is 0 Å². The van der Waals surface area contributed by atoms with Crippen molar-refractivity contribution < 1.29 is 23.8 Å². The van der Waals surface area contributed by atoms with Crippen LogP contribution in [-0.4, -0.2) is 86.7 Å². The number of alkyl carbamates (subject to hydrolysis) is 2. The van der Waals surface area contributed by atoms with Crippen LogP contribution in [0.2, 0.25) is 10.0 Å². The fourth-order valence-corrected chi connectivity index (χ4v) is 8.52. The molecule has 2 saturated carbocycles. The zero-order valence-electron chi connectivity index (χ0n) is 36.4. The van der Waals surface area contributed by atoms with Crippen molar-refractivity contribution in [2.45, 2.75) is 95.6 Å². The number of benzene rings is 2. The Balaban J connectivity index is 0.000000196. The first-order valence-electron chi connectivity index (χ1n) is 21.6. The zero-order chi connectivity index (χ0) is 45.9. The molecule has 0 spiro atoms. The number of ether oxygens (including phenoxy) is 3. The Morgan fingerprint density at radius 2 is 1.18 bits per heavy atom. The van der Waals surface area contributed by atoms with Gasteiger partial charge in [0.25, 0.3) is 11.1 Å². The molecule has 0 saturated heterocycles. The second-order valence-electron chi connectivity index (χ2n) is 15.9. The van der Waals surface area contributed by atoms with Crippen LogP contribution in [0.4, 0.5) is 21.5 Å². The van der Waals surface area contributed by atoms with Crippen molar-refractivity contribution in [1.29, 1.82) is 0 Å². The second-order valence-corrected chi connectivity index (χ2v) is 16.7. The third kappa shape index (κ3) is 11.9. The number of aromatic nitrogens is 6. The molecule has 2 fully saturated rings. The predicted molar refractivity (Wildman–Crippen MR) is 252 cm³/mol. The van der Waals surface area contributed by atoms with E-state index in [1.165, 1.54) is 18.8 Å². The van der Waals surface area contributed by atoms with Gasteiger partial charge >= 0.3 is 12.2 Å². The summed E-state index contributed by atoms with van der Waals surface area (Å²) in [5, 5.41) is 14.9. The topological polar surface area (TPSA) is 216 Å². The van der Waals surface area contributed by atoms with E-state index in [0.29, 0.717) is 62.1 Å². The minimum atomic E-state index is -0.404. The molecule has 4 heterocycles. The Morgan fingerprint density at radius 1 is 0.692 bits per heavy atom. The summed E-state index contributed by atoms with van der Waals surface area (Å²) in [6.45, 7) is 2.63. The molecule has 4 aromatic heterocycles. The molecule has 2 aliphatic rings. The van der Waals surface area contributed by atoms with Gasteiger partial charge in [-0.3, -0.25) is 14.2 Å². The number of methoxy groups -OCH3 is 2. The van der Waals surface area contributed by atoms with E-state index in [1.54, 1.807) is 42.7 Å². The van der Waals surface area contributed by atoms with Gasteiger partial charge in [-0.25, -0.2) is 19.6 Å². The lowest BCUT2D eigenvalue weighted by Crippen LogP contribution is -2.40. The quantitative estimate of drug-likeness (QED) is 0.0731. The largest absolute Gasteiger partial charge is 0.453 e. The van der Waals surface area contributed by atoms with Gasteiger partial charge in [0, 0.05) is 86.2 Å². The van der Waals surface area contributed by atoms with Crippen molar-refractivity contribution in [3.8, 4) is 22.3 Å². The Hall–Kier alpha value is -6.30. The minimum absolute atomic E-state index is 0.0855. The van der Waals surface area contributed by atoms with Crippen LogP contribution < -0.4 is 32.4 Å². The molecule has 2 aliphatic carbocycles.